The molecule has 1 aromatic carbocycles. The lowest BCUT2D eigenvalue weighted by Crippen LogP contribution is -2.35. The molecule has 0 radical (unpaired) electrons. The molecule has 1 aromatic rings. The third kappa shape index (κ3) is 5.20. The molecule has 4 heteroatoms. The number of hydrogen-bond acceptors (Lipinski definition) is 2. The second-order valence-electron chi connectivity index (χ2n) is 4.00. The van der Waals surface area contributed by atoms with Gasteiger partial charge >= 0.3 is 0 Å². The van der Waals surface area contributed by atoms with Crippen LogP contribution in [0.2, 0.25) is 5.02 Å². The van der Waals surface area contributed by atoms with E-state index in [0.717, 1.165) is 23.6 Å². The van der Waals surface area contributed by atoms with Crippen molar-refractivity contribution in [1.82, 2.24) is 10.6 Å². The molecule has 1 atom stereocenters. The van der Waals surface area contributed by atoms with Gasteiger partial charge in [0.2, 0.25) is 5.91 Å². The van der Waals surface area contributed by atoms with E-state index in [-0.39, 0.29) is 11.9 Å². The van der Waals surface area contributed by atoms with Crippen molar-refractivity contribution in [2.75, 3.05) is 13.1 Å². The SMILES string of the molecule is CCCNC(=O)CNC(C)c1ccc(Cl)cc1. The third-order valence-corrected chi connectivity index (χ3v) is 2.76. The molecule has 0 saturated carbocycles. The van der Waals surface area contributed by atoms with Gasteiger partial charge in [0.1, 0.15) is 0 Å². The molecule has 1 rings (SSSR count). The number of hydrogen-bond donors (Lipinski definition) is 2. The van der Waals surface area contributed by atoms with E-state index < -0.39 is 0 Å². The molecule has 3 nitrogen and oxygen atoms in total. The van der Waals surface area contributed by atoms with E-state index >= 15 is 0 Å². The number of amides is 1. The van der Waals surface area contributed by atoms with Gasteiger partial charge in [-0.05, 0) is 31.0 Å². The predicted molar refractivity (Wildman–Crippen MR) is 71.2 cm³/mol. The van der Waals surface area contributed by atoms with Gasteiger partial charge in [-0.3, -0.25) is 4.79 Å². The standard InChI is InChI=1S/C13H19ClN2O/c1-3-8-15-13(17)9-16-10(2)11-4-6-12(14)7-5-11/h4-7,10,16H,3,8-9H2,1-2H3,(H,15,17). The van der Waals surface area contributed by atoms with Crippen LogP contribution in [0, 0.1) is 0 Å². The van der Waals surface area contributed by atoms with Crippen LogP contribution in [0.4, 0.5) is 0 Å². The van der Waals surface area contributed by atoms with E-state index in [1.54, 1.807) is 0 Å². The van der Waals surface area contributed by atoms with Crippen LogP contribution in [0.25, 0.3) is 0 Å². The fraction of sp³-hybridized carbons (Fsp3) is 0.462. The van der Waals surface area contributed by atoms with Gasteiger partial charge in [-0.25, -0.2) is 0 Å². The van der Waals surface area contributed by atoms with Crippen molar-refractivity contribution in [1.29, 1.82) is 0 Å². The van der Waals surface area contributed by atoms with Gasteiger partial charge in [-0.15, -0.1) is 0 Å². The lowest BCUT2D eigenvalue weighted by Gasteiger charge is -2.14. The molecule has 0 fully saturated rings. The largest absolute Gasteiger partial charge is 0.355 e. The van der Waals surface area contributed by atoms with Crippen molar-refractivity contribution in [3.8, 4) is 0 Å². The fourth-order valence-electron chi connectivity index (χ4n) is 1.44. The van der Waals surface area contributed by atoms with Crippen LogP contribution in [0.3, 0.4) is 0 Å². The minimum Gasteiger partial charge on any atom is -0.355 e. The van der Waals surface area contributed by atoms with Crippen molar-refractivity contribution in [2.24, 2.45) is 0 Å². The summed E-state index contributed by atoms with van der Waals surface area (Å²) >= 11 is 5.82. The zero-order valence-corrected chi connectivity index (χ0v) is 11.1. The first kappa shape index (κ1) is 14.0. The monoisotopic (exact) mass is 254 g/mol. The van der Waals surface area contributed by atoms with E-state index in [2.05, 4.69) is 10.6 Å². The summed E-state index contributed by atoms with van der Waals surface area (Å²) in [7, 11) is 0. The molecule has 0 aliphatic heterocycles. The summed E-state index contributed by atoms with van der Waals surface area (Å²) < 4.78 is 0. The Morgan fingerprint density at radius 2 is 2.00 bits per heavy atom. The number of carbonyl (C=O) groups is 1. The molecule has 0 heterocycles. The van der Waals surface area contributed by atoms with Gasteiger partial charge < -0.3 is 10.6 Å². The van der Waals surface area contributed by atoms with Crippen LogP contribution in [-0.4, -0.2) is 19.0 Å². The molecule has 0 spiro atoms. The first-order valence-corrected chi connectivity index (χ1v) is 6.26. The average molecular weight is 255 g/mol. The van der Waals surface area contributed by atoms with Gasteiger partial charge in [0.25, 0.3) is 0 Å². The average Bonchev–Trinajstić information content (AvgIpc) is 2.34. The van der Waals surface area contributed by atoms with Crippen LogP contribution in [0.15, 0.2) is 24.3 Å². The van der Waals surface area contributed by atoms with Crippen LogP contribution >= 0.6 is 11.6 Å². The van der Waals surface area contributed by atoms with Crippen molar-refractivity contribution in [3.05, 3.63) is 34.9 Å². The Morgan fingerprint density at radius 3 is 2.59 bits per heavy atom. The lowest BCUT2D eigenvalue weighted by molar-refractivity contribution is -0.120. The van der Waals surface area contributed by atoms with Gasteiger partial charge in [0, 0.05) is 17.6 Å². The van der Waals surface area contributed by atoms with Gasteiger partial charge in [-0.2, -0.15) is 0 Å². The first-order chi connectivity index (χ1) is 8.13. The molecular formula is C13H19ClN2O. The molecule has 2 N–H and O–H groups in total. The first-order valence-electron chi connectivity index (χ1n) is 5.89. The maximum Gasteiger partial charge on any atom is 0.233 e. The Balaban J connectivity index is 2.36. The number of halogens is 1. The molecule has 1 unspecified atom stereocenters. The topological polar surface area (TPSA) is 41.1 Å². The van der Waals surface area contributed by atoms with Crippen LogP contribution < -0.4 is 10.6 Å². The number of carbonyl (C=O) groups excluding carboxylic acids is 1. The maximum atomic E-state index is 11.4. The molecule has 0 aliphatic rings. The Kier molecular flexibility index (Phi) is 6.01. The maximum absolute atomic E-state index is 11.4. The lowest BCUT2D eigenvalue weighted by atomic mass is 10.1. The molecule has 0 aromatic heterocycles. The Bertz CT molecular complexity index is 351. The molecule has 0 saturated heterocycles. The van der Waals surface area contributed by atoms with E-state index in [0.29, 0.717) is 6.54 Å². The quantitative estimate of drug-likeness (QED) is 0.819. The number of benzene rings is 1. The Labute approximate surface area is 108 Å². The Morgan fingerprint density at radius 1 is 1.35 bits per heavy atom. The van der Waals surface area contributed by atoms with Crippen LogP contribution in [-0.2, 0) is 4.79 Å². The highest BCUT2D eigenvalue weighted by molar-refractivity contribution is 6.30. The summed E-state index contributed by atoms with van der Waals surface area (Å²) in [5.41, 5.74) is 1.12. The van der Waals surface area contributed by atoms with Gasteiger partial charge in [0.15, 0.2) is 0 Å². The normalized spacial score (nSPS) is 12.2. The van der Waals surface area contributed by atoms with E-state index in [1.807, 2.05) is 38.1 Å². The molecular weight excluding hydrogens is 236 g/mol. The van der Waals surface area contributed by atoms with Crippen molar-refractivity contribution in [3.63, 3.8) is 0 Å². The molecule has 0 aliphatic carbocycles. The predicted octanol–water partition coefficient (Wildman–Crippen LogP) is 2.52. The summed E-state index contributed by atoms with van der Waals surface area (Å²) in [5.74, 6) is 0.0349. The van der Waals surface area contributed by atoms with Crippen molar-refractivity contribution in [2.45, 2.75) is 26.3 Å². The minimum atomic E-state index is 0.0349. The highest BCUT2D eigenvalue weighted by Gasteiger charge is 2.06. The summed E-state index contributed by atoms with van der Waals surface area (Å²) in [6.45, 7) is 5.13. The summed E-state index contributed by atoms with van der Waals surface area (Å²) in [5, 5.41) is 6.72. The molecule has 17 heavy (non-hydrogen) atoms. The zero-order chi connectivity index (χ0) is 12.7. The minimum absolute atomic E-state index is 0.0349. The van der Waals surface area contributed by atoms with Crippen molar-refractivity contribution < 1.29 is 4.79 Å². The number of rotatable bonds is 6. The molecule has 94 valence electrons. The third-order valence-electron chi connectivity index (χ3n) is 2.51. The highest BCUT2D eigenvalue weighted by Crippen LogP contribution is 2.15. The van der Waals surface area contributed by atoms with Crippen molar-refractivity contribution >= 4 is 17.5 Å². The molecule has 1 amide bonds. The Hall–Kier alpha value is -1.06. The van der Waals surface area contributed by atoms with Gasteiger partial charge in [-0.1, -0.05) is 30.7 Å². The van der Waals surface area contributed by atoms with E-state index in [4.69, 9.17) is 11.6 Å². The highest BCUT2D eigenvalue weighted by atomic mass is 35.5. The summed E-state index contributed by atoms with van der Waals surface area (Å²) in [6.07, 6.45) is 0.957. The van der Waals surface area contributed by atoms with Crippen LogP contribution in [0.1, 0.15) is 31.9 Å². The fourth-order valence-corrected chi connectivity index (χ4v) is 1.57. The smallest absolute Gasteiger partial charge is 0.233 e. The van der Waals surface area contributed by atoms with E-state index in [1.165, 1.54) is 0 Å². The zero-order valence-electron chi connectivity index (χ0n) is 10.3. The second kappa shape index (κ2) is 7.30. The van der Waals surface area contributed by atoms with E-state index in [9.17, 15) is 4.79 Å². The summed E-state index contributed by atoms with van der Waals surface area (Å²) in [4.78, 5) is 11.4. The van der Waals surface area contributed by atoms with Gasteiger partial charge in [0.05, 0.1) is 6.54 Å². The number of nitrogens with one attached hydrogen (secondary N) is 2. The summed E-state index contributed by atoms with van der Waals surface area (Å²) in [6, 6.07) is 7.77. The molecule has 0 bridgehead atoms. The van der Waals surface area contributed by atoms with Crippen LogP contribution in [0.5, 0.6) is 0 Å². The second-order valence-corrected chi connectivity index (χ2v) is 4.44.